The largest absolute Gasteiger partial charge is 0.497 e. The van der Waals surface area contributed by atoms with Crippen LogP contribution in [0.25, 0.3) is 0 Å². The van der Waals surface area contributed by atoms with E-state index in [1.54, 1.807) is 48.5 Å². The van der Waals surface area contributed by atoms with E-state index in [1.807, 2.05) is 31.2 Å². The zero-order chi connectivity index (χ0) is 23.4. The van der Waals surface area contributed by atoms with Gasteiger partial charge in [-0.05, 0) is 42.8 Å². The van der Waals surface area contributed by atoms with Gasteiger partial charge in [0.1, 0.15) is 11.5 Å². The van der Waals surface area contributed by atoms with Gasteiger partial charge < -0.3 is 9.64 Å². The Labute approximate surface area is 192 Å². The van der Waals surface area contributed by atoms with E-state index in [0.29, 0.717) is 22.7 Å². The molecule has 0 N–H and O–H groups in total. The number of nitrogens with zero attached hydrogens (tertiary/aromatic N) is 2. The molecule has 0 aromatic heterocycles. The van der Waals surface area contributed by atoms with Crippen LogP contribution < -0.4 is 14.5 Å². The minimum atomic E-state index is -4.19. The number of benzene rings is 3. The van der Waals surface area contributed by atoms with Crippen LogP contribution in [0.4, 0.5) is 11.4 Å². The predicted molar refractivity (Wildman–Crippen MR) is 125 cm³/mol. The minimum Gasteiger partial charge on any atom is -0.497 e. The number of anilines is 2. The number of sulfone groups is 1. The van der Waals surface area contributed by atoms with Crippen LogP contribution in [-0.2, 0) is 30.8 Å². The number of hydrogen-bond acceptors (Lipinski definition) is 5. The predicted octanol–water partition coefficient (Wildman–Crippen LogP) is 3.16. The Hall–Kier alpha value is -3.65. The second-order valence-electron chi connectivity index (χ2n) is 8.23. The van der Waals surface area contributed by atoms with Gasteiger partial charge in [-0.3, -0.25) is 14.5 Å². The van der Waals surface area contributed by atoms with Gasteiger partial charge in [0.25, 0.3) is 10.8 Å². The monoisotopic (exact) mass is 462 g/mol. The molecule has 1 spiro atoms. The second-order valence-corrected chi connectivity index (χ2v) is 10.3. The fourth-order valence-electron chi connectivity index (χ4n) is 4.77. The molecule has 8 heteroatoms. The third kappa shape index (κ3) is 2.97. The fourth-order valence-corrected chi connectivity index (χ4v) is 6.81. The topological polar surface area (TPSA) is 84.0 Å². The summed E-state index contributed by atoms with van der Waals surface area (Å²) in [7, 11) is -2.67. The Morgan fingerprint density at radius 1 is 0.970 bits per heavy atom. The maximum Gasteiger partial charge on any atom is 0.274 e. The van der Waals surface area contributed by atoms with Gasteiger partial charge in [-0.2, -0.15) is 0 Å². The number of carbonyl (C=O) groups excluding carboxylic acids is 2. The smallest absolute Gasteiger partial charge is 0.274 e. The summed E-state index contributed by atoms with van der Waals surface area (Å²) in [6, 6.07) is 21.0. The zero-order valence-electron chi connectivity index (χ0n) is 18.2. The van der Waals surface area contributed by atoms with E-state index in [2.05, 4.69) is 0 Å². The number of rotatable bonds is 4. The summed E-state index contributed by atoms with van der Waals surface area (Å²) in [5, 5.41) is 0. The first-order chi connectivity index (χ1) is 15.8. The molecule has 7 nitrogen and oxygen atoms in total. The Morgan fingerprint density at radius 3 is 2.39 bits per heavy atom. The van der Waals surface area contributed by atoms with Gasteiger partial charge in [-0.25, -0.2) is 8.42 Å². The molecule has 1 atom stereocenters. The van der Waals surface area contributed by atoms with Crippen molar-refractivity contribution in [3.05, 3.63) is 89.5 Å². The molecule has 2 heterocycles. The first-order valence-corrected chi connectivity index (χ1v) is 12.1. The van der Waals surface area contributed by atoms with Gasteiger partial charge in [0, 0.05) is 11.3 Å². The van der Waals surface area contributed by atoms with Gasteiger partial charge >= 0.3 is 0 Å². The van der Waals surface area contributed by atoms with E-state index >= 15 is 0 Å². The molecule has 1 saturated heterocycles. The van der Waals surface area contributed by atoms with Crippen LogP contribution in [0.1, 0.15) is 16.7 Å². The minimum absolute atomic E-state index is 0.194. The van der Waals surface area contributed by atoms with E-state index in [-0.39, 0.29) is 6.54 Å². The number of aryl methyl sites for hydroxylation is 1. The van der Waals surface area contributed by atoms with E-state index in [0.717, 1.165) is 16.0 Å². The first-order valence-electron chi connectivity index (χ1n) is 10.5. The fraction of sp³-hybridized carbons (Fsp3) is 0.200. The molecule has 5 rings (SSSR count). The van der Waals surface area contributed by atoms with Crippen molar-refractivity contribution in [3.8, 4) is 5.75 Å². The molecule has 2 amide bonds. The van der Waals surface area contributed by atoms with Gasteiger partial charge in [0.15, 0.2) is 9.84 Å². The lowest BCUT2D eigenvalue weighted by atomic mass is 10.0. The SMILES string of the molecule is COc1ccc(N2C(=O)CS(=O)(=O)[C@]23C(=O)N(Cc2cccc(C)c2)c2ccccc23)cc1. The summed E-state index contributed by atoms with van der Waals surface area (Å²) < 4.78 is 32.4. The molecule has 1 fully saturated rings. The normalized spacial score (nSPS) is 21.0. The van der Waals surface area contributed by atoms with Gasteiger partial charge in [-0.15, -0.1) is 0 Å². The molecule has 168 valence electrons. The Kier molecular flexibility index (Phi) is 4.79. The molecule has 3 aromatic carbocycles. The number of para-hydroxylation sites is 1. The molecule has 2 aliphatic heterocycles. The van der Waals surface area contributed by atoms with Crippen LogP contribution >= 0.6 is 0 Å². The van der Waals surface area contributed by atoms with Crippen LogP contribution in [0, 0.1) is 6.92 Å². The highest BCUT2D eigenvalue weighted by Gasteiger charge is 2.69. The summed E-state index contributed by atoms with van der Waals surface area (Å²) in [6.07, 6.45) is 0. The molecule has 0 unspecified atom stereocenters. The second kappa shape index (κ2) is 7.45. The Bertz CT molecular complexity index is 1380. The Morgan fingerprint density at radius 2 is 1.70 bits per heavy atom. The van der Waals surface area contributed by atoms with E-state index in [1.165, 1.54) is 12.0 Å². The van der Waals surface area contributed by atoms with Crippen molar-refractivity contribution in [3.63, 3.8) is 0 Å². The van der Waals surface area contributed by atoms with Crippen LogP contribution in [0.3, 0.4) is 0 Å². The standard InChI is InChI=1S/C25H22N2O5S/c1-17-6-5-7-18(14-17)15-26-22-9-4-3-8-21(22)25(24(26)29)27(23(28)16-33(25,30)31)19-10-12-20(32-2)13-11-19/h3-14H,15-16H2,1-2H3/t25-/m1/s1. The molecule has 33 heavy (non-hydrogen) atoms. The summed E-state index contributed by atoms with van der Waals surface area (Å²) in [6.45, 7) is 2.15. The van der Waals surface area contributed by atoms with E-state index < -0.39 is 32.3 Å². The quantitative estimate of drug-likeness (QED) is 0.595. The van der Waals surface area contributed by atoms with Gasteiger partial charge in [0.2, 0.25) is 5.91 Å². The molecule has 0 radical (unpaired) electrons. The average Bonchev–Trinajstić information content (AvgIpc) is 3.17. The van der Waals surface area contributed by atoms with Crippen molar-refractivity contribution in [2.24, 2.45) is 0 Å². The number of fused-ring (bicyclic) bond motifs is 2. The lowest BCUT2D eigenvalue weighted by Crippen LogP contribution is -2.54. The van der Waals surface area contributed by atoms with Crippen molar-refractivity contribution in [1.82, 2.24) is 0 Å². The molecule has 2 aliphatic rings. The van der Waals surface area contributed by atoms with Gasteiger partial charge in [0.05, 0.1) is 19.3 Å². The molecule has 0 aliphatic carbocycles. The highest BCUT2D eigenvalue weighted by molar-refractivity contribution is 7.94. The zero-order valence-corrected chi connectivity index (χ0v) is 19.0. The summed E-state index contributed by atoms with van der Waals surface area (Å²) in [5.41, 5.74) is 3.01. The average molecular weight is 463 g/mol. The lowest BCUT2D eigenvalue weighted by Gasteiger charge is -2.32. The van der Waals surface area contributed by atoms with Crippen LogP contribution in [0.5, 0.6) is 5.75 Å². The van der Waals surface area contributed by atoms with Gasteiger partial charge in [-0.1, -0.05) is 48.0 Å². The molecular weight excluding hydrogens is 440 g/mol. The van der Waals surface area contributed by atoms with Crippen molar-refractivity contribution >= 4 is 33.0 Å². The maximum absolute atomic E-state index is 14.1. The number of methoxy groups -OCH3 is 1. The van der Waals surface area contributed by atoms with Crippen molar-refractivity contribution in [2.75, 3.05) is 22.7 Å². The number of ether oxygens (including phenoxy) is 1. The highest BCUT2D eigenvalue weighted by atomic mass is 32.2. The third-order valence-electron chi connectivity index (χ3n) is 6.18. The number of amides is 2. The van der Waals surface area contributed by atoms with E-state index in [9.17, 15) is 18.0 Å². The van der Waals surface area contributed by atoms with Crippen LogP contribution in [0.2, 0.25) is 0 Å². The van der Waals surface area contributed by atoms with Crippen LogP contribution in [-0.4, -0.2) is 33.1 Å². The highest BCUT2D eigenvalue weighted by Crippen LogP contribution is 2.52. The third-order valence-corrected chi connectivity index (χ3v) is 8.28. The van der Waals surface area contributed by atoms with Crippen molar-refractivity contribution in [1.29, 1.82) is 0 Å². The van der Waals surface area contributed by atoms with Crippen molar-refractivity contribution < 1.29 is 22.7 Å². The summed E-state index contributed by atoms with van der Waals surface area (Å²) in [4.78, 5) is 27.7. The number of carbonyl (C=O) groups is 2. The molecule has 0 saturated carbocycles. The maximum atomic E-state index is 14.1. The number of hydrogen-bond donors (Lipinski definition) is 0. The molecule has 0 bridgehead atoms. The molecule has 3 aromatic rings. The van der Waals surface area contributed by atoms with Crippen LogP contribution in [0.15, 0.2) is 72.8 Å². The van der Waals surface area contributed by atoms with Crippen molar-refractivity contribution in [2.45, 2.75) is 18.3 Å². The molecular formula is C25H22N2O5S. The first kappa shape index (κ1) is 21.2. The summed E-state index contributed by atoms with van der Waals surface area (Å²) in [5.74, 6) is -1.47. The summed E-state index contributed by atoms with van der Waals surface area (Å²) >= 11 is 0. The lowest BCUT2D eigenvalue weighted by molar-refractivity contribution is -0.123. The van der Waals surface area contributed by atoms with E-state index in [4.69, 9.17) is 4.74 Å². The Balaban J connectivity index is 1.71.